The smallest absolute Gasteiger partial charge is 0.338 e. The van der Waals surface area contributed by atoms with Crippen LogP contribution in [-0.4, -0.2) is 24.5 Å². The first-order valence-electron chi connectivity index (χ1n) is 6.94. The Morgan fingerprint density at radius 2 is 2.00 bits per heavy atom. The van der Waals surface area contributed by atoms with Crippen molar-refractivity contribution >= 4 is 22.9 Å². The molecule has 0 saturated carbocycles. The van der Waals surface area contributed by atoms with E-state index in [0.717, 1.165) is 16.4 Å². The second-order valence-corrected chi connectivity index (χ2v) is 5.99. The molecule has 1 atom stereocenters. The van der Waals surface area contributed by atoms with Gasteiger partial charge in [-0.25, -0.2) is 14.2 Å². The molecular weight excluding hydrogens is 303 g/mol. The molecule has 2 rings (SSSR count). The zero-order valence-corrected chi connectivity index (χ0v) is 13.8. The predicted octanol–water partition coefficient (Wildman–Crippen LogP) is 3.27. The van der Waals surface area contributed by atoms with E-state index in [4.69, 9.17) is 4.74 Å². The first-order chi connectivity index (χ1) is 10.5. The van der Waals surface area contributed by atoms with Crippen molar-refractivity contribution in [2.24, 2.45) is 10.9 Å². The highest BCUT2D eigenvalue weighted by molar-refractivity contribution is 8.13. The van der Waals surface area contributed by atoms with Crippen molar-refractivity contribution < 1.29 is 13.9 Å². The third-order valence-electron chi connectivity index (χ3n) is 3.41. The largest absolute Gasteiger partial charge is 0.466 e. The highest BCUT2D eigenvalue weighted by Crippen LogP contribution is 2.34. The summed E-state index contributed by atoms with van der Waals surface area (Å²) in [6.07, 6.45) is 1.91. The summed E-state index contributed by atoms with van der Waals surface area (Å²) in [5.41, 5.74) is 2.02. The van der Waals surface area contributed by atoms with Crippen LogP contribution < -0.4 is 5.32 Å². The minimum absolute atomic E-state index is 0.106. The topological polar surface area (TPSA) is 50.7 Å². The van der Waals surface area contributed by atoms with E-state index in [-0.39, 0.29) is 11.7 Å². The number of allylic oxidation sites excluding steroid dienone is 1. The molecule has 118 valence electrons. The van der Waals surface area contributed by atoms with E-state index in [2.05, 4.69) is 10.3 Å². The standard InChI is InChI=1S/C16H19FN2O2S/c1-9(2)13-12(15(20)21-3)14(19-16(18-13)22-4)10-5-7-11(17)8-6-10/h5-9,14H,1-4H3,(H,18,19). The van der Waals surface area contributed by atoms with Gasteiger partial charge in [-0.15, -0.1) is 0 Å². The van der Waals surface area contributed by atoms with Crippen LogP contribution in [0.4, 0.5) is 4.39 Å². The Bertz CT molecular complexity index is 624. The number of rotatable bonds is 3. The van der Waals surface area contributed by atoms with E-state index in [0.29, 0.717) is 5.57 Å². The molecule has 0 aromatic heterocycles. The second-order valence-electron chi connectivity index (χ2n) is 5.19. The average Bonchev–Trinajstić information content (AvgIpc) is 2.53. The molecule has 0 radical (unpaired) electrons. The lowest BCUT2D eigenvalue weighted by molar-refractivity contribution is -0.136. The van der Waals surface area contributed by atoms with E-state index in [9.17, 15) is 9.18 Å². The lowest BCUT2D eigenvalue weighted by atomic mass is 9.92. The van der Waals surface area contributed by atoms with Crippen LogP contribution in [0.25, 0.3) is 0 Å². The summed E-state index contributed by atoms with van der Waals surface area (Å²) in [6.45, 7) is 3.99. The van der Waals surface area contributed by atoms with Crippen LogP contribution in [0.15, 0.2) is 40.5 Å². The van der Waals surface area contributed by atoms with Crippen molar-refractivity contribution in [2.75, 3.05) is 13.4 Å². The van der Waals surface area contributed by atoms with Crippen molar-refractivity contribution in [2.45, 2.75) is 19.9 Å². The van der Waals surface area contributed by atoms with Crippen molar-refractivity contribution in [1.29, 1.82) is 0 Å². The molecule has 1 aromatic rings. The molecule has 0 saturated heterocycles. The average molecular weight is 322 g/mol. The number of hydrogen-bond acceptors (Lipinski definition) is 5. The number of halogens is 1. The van der Waals surface area contributed by atoms with Crippen LogP contribution in [-0.2, 0) is 9.53 Å². The number of benzene rings is 1. The summed E-state index contributed by atoms with van der Waals surface area (Å²) in [5.74, 6) is -0.636. The van der Waals surface area contributed by atoms with Gasteiger partial charge in [-0.05, 0) is 29.9 Å². The fraction of sp³-hybridized carbons (Fsp3) is 0.375. The van der Waals surface area contributed by atoms with Gasteiger partial charge in [-0.2, -0.15) is 0 Å². The molecule has 22 heavy (non-hydrogen) atoms. The molecule has 1 unspecified atom stereocenters. The number of thioether (sulfide) groups is 1. The molecular formula is C16H19FN2O2S. The Morgan fingerprint density at radius 3 is 2.50 bits per heavy atom. The summed E-state index contributed by atoms with van der Waals surface area (Å²) in [4.78, 5) is 16.8. The maximum atomic E-state index is 13.2. The predicted molar refractivity (Wildman–Crippen MR) is 87.1 cm³/mol. The first-order valence-corrected chi connectivity index (χ1v) is 8.17. The van der Waals surface area contributed by atoms with E-state index >= 15 is 0 Å². The number of nitrogens with zero attached hydrogens (tertiary/aromatic N) is 1. The lowest BCUT2D eigenvalue weighted by Crippen LogP contribution is -2.33. The summed E-state index contributed by atoms with van der Waals surface area (Å²) >= 11 is 1.47. The molecule has 0 bridgehead atoms. The maximum absolute atomic E-state index is 13.2. The quantitative estimate of drug-likeness (QED) is 0.868. The number of nitrogens with one attached hydrogen (secondary N) is 1. The SMILES string of the molecule is COC(=O)C1=C(C(C)C)NC(SC)=NC1c1ccc(F)cc1. The zero-order chi connectivity index (χ0) is 16.3. The molecule has 1 aliphatic heterocycles. The van der Waals surface area contributed by atoms with Gasteiger partial charge in [0.15, 0.2) is 5.17 Å². The molecule has 1 heterocycles. The molecule has 6 heteroatoms. The second kappa shape index (κ2) is 6.96. The Balaban J connectivity index is 2.57. The highest BCUT2D eigenvalue weighted by Gasteiger charge is 2.32. The van der Waals surface area contributed by atoms with Crippen LogP contribution in [0.3, 0.4) is 0 Å². The maximum Gasteiger partial charge on any atom is 0.338 e. The fourth-order valence-corrected chi connectivity index (χ4v) is 2.74. The number of carbonyl (C=O) groups is 1. The van der Waals surface area contributed by atoms with Crippen LogP contribution >= 0.6 is 11.8 Å². The van der Waals surface area contributed by atoms with Crippen LogP contribution in [0, 0.1) is 11.7 Å². The molecule has 0 spiro atoms. The first kappa shape index (κ1) is 16.5. The number of amidine groups is 1. The van der Waals surface area contributed by atoms with E-state index in [1.165, 1.54) is 31.0 Å². The van der Waals surface area contributed by atoms with Crippen molar-refractivity contribution in [3.63, 3.8) is 0 Å². The summed E-state index contributed by atoms with van der Waals surface area (Å²) in [5, 5.41) is 3.92. The highest BCUT2D eigenvalue weighted by atomic mass is 32.2. The van der Waals surface area contributed by atoms with Gasteiger partial charge in [-0.1, -0.05) is 37.7 Å². The number of esters is 1. The summed E-state index contributed by atoms with van der Waals surface area (Å²) < 4.78 is 18.1. The Hall–Kier alpha value is -1.82. The van der Waals surface area contributed by atoms with Gasteiger partial charge in [0.05, 0.1) is 12.7 Å². The summed E-state index contributed by atoms with van der Waals surface area (Å²) in [7, 11) is 1.35. The van der Waals surface area contributed by atoms with Gasteiger partial charge in [0.2, 0.25) is 0 Å². The third kappa shape index (κ3) is 3.32. The molecule has 0 fully saturated rings. The van der Waals surface area contributed by atoms with Gasteiger partial charge >= 0.3 is 5.97 Å². The van der Waals surface area contributed by atoms with E-state index in [1.54, 1.807) is 12.1 Å². The minimum Gasteiger partial charge on any atom is -0.466 e. The lowest BCUT2D eigenvalue weighted by Gasteiger charge is -2.28. The fourth-order valence-electron chi connectivity index (χ4n) is 2.32. The molecule has 0 amide bonds. The summed E-state index contributed by atoms with van der Waals surface area (Å²) in [6, 6.07) is 5.54. The molecule has 1 N–H and O–H groups in total. The number of hydrogen-bond donors (Lipinski definition) is 1. The van der Waals surface area contributed by atoms with Crippen molar-refractivity contribution in [1.82, 2.24) is 5.32 Å². The molecule has 0 aliphatic carbocycles. The Kier molecular flexibility index (Phi) is 5.24. The number of carbonyl (C=O) groups excluding carboxylic acids is 1. The van der Waals surface area contributed by atoms with E-state index < -0.39 is 12.0 Å². The van der Waals surface area contributed by atoms with Crippen LogP contribution in [0.5, 0.6) is 0 Å². The van der Waals surface area contributed by atoms with E-state index in [1.807, 2.05) is 20.1 Å². The minimum atomic E-state index is -0.492. The van der Waals surface area contributed by atoms with Gasteiger partial charge in [0.25, 0.3) is 0 Å². The number of ether oxygens (including phenoxy) is 1. The third-order valence-corrected chi connectivity index (χ3v) is 4.01. The Morgan fingerprint density at radius 1 is 1.36 bits per heavy atom. The van der Waals surface area contributed by atoms with Gasteiger partial charge in [-0.3, -0.25) is 0 Å². The normalized spacial score (nSPS) is 18.1. The van der Waals surface area contributed by atoms with Crippen molar-refractivity contribution in [3.05, 3.63) is 46.9 Å². The van der Waals surface area contributed by atoms with Gasteiger partial charge in [0.1, 0.15) is 11.9 Å². The number of aliphatic imine (C=N–C) groups is 1. The molecule has 1 aliphatic rings. The Labute approximate surface area is 133 Å². The van der Waals surface area contributed by atoms with Crippen LogP contribution in [0.1, 0.15) is 25.5 Å². The molecule has 1 aromatic carbocycles. The monoisotopic (exact) mass is 322 g/mol. The van der Waals surface area contributed by atoms with Crippen molar-refractivity contribution in [3.8, 4) is 0 Å². The van der Waals surface area contributed by atoms with Crippen LogP contribution in [0.2, 0.25) is 0 Å². The van der Waals surface area contributed by atoms with Gasteiger partial charge in [0, 0.05) is 5.70 Å². The zero-order valence-electron chi connectivity index (χ0n) is 13.0. The van der Waals surface area contributed by atoms with Gasteiger partial charge < -0.3 is 10.1 Å². The molecule has 4 nitrogen and oxygen atoms in total. The number of methoxy groups -OCH3 is 1.